The molecule has 1 unspecified atom stereocenters. The van der Waals surface area contributed by atoms with Crippen molar-refractivity contribution in [2.24, 2.45) is 5.73 Å². The molecule has 86 valence electrons. The van der Waals surface area contributed by atoms with Crippen LogP contribution in [0, 0.1) is 6.92 Å². The molecule has 0 aliphatic heterocycles. The van der Waals surface area contributed by atoms with Crippen LogP contribution in [0.1, 0.15) is 22.0 Å². The molecule has 0 bridgehead atoms. The predicted octanol–water partition coefficient (Wildman–Crippen LogP) is 2.91. The van der Waals surface area contributed by atoms with Crippen LogP contribution < -0.4 is 11.1 Å². The van der Waals surface area contributed by atoms with Gasteiger partial charge in [-0.15, -0.1) is 11.3 Å². The van der Waals surface area contributed by atoms with Crippen LogP contribution in [-0.4, -0.2) is 6.54 Å². The zero-order valence-corrected chi connectivity index (χ0v) is 10.9. The van der Waals surface area contributed by atoms with Crippen LogP contribution in [0.2, 0.25) is 0 Å². The van der Waals surface area contributed by atoms with Crippen LogP contribution in [0.25, 0.3) is 0 Å². The normalized spacial score (nSPS) is 12.9. The molecule has 16 heavy (non-hydrogen) atoms. The highest BCUT2D eigenvalue weighted by Gasteiger charge is 2.06. The molecular formula is C12H16N2S2. The number of aryl methyl sites for hydroxylation is 1. The summed E-state index contributed by atoms with van der Waals surface area (Å²) in [6, 6.07) is 4.24. The monoisotopic (exact) mass is 252 g/mol. The molecule has 2 rings (SSSR count). The molecule has 4 heteroatoms. The lowest BCUT2D eigenvalue weighted by Crippen LogP contribution is -2.26. The topological polar surface area (TPSA) is 38.0 Å². The van der Waals surface area contributed by atoms with Crippen molar-refractivity contribution in [2.75, 3.05) is 6.54 Å². The van der Waals surface area contributed by atoms with Gasteiger partial charge < -0.3 is 11.1 Å². The molecule has 2 nitrogen and oxygen atoms in total. The zero-order valence-electron chi connectivity index (χ0n) is 9.27. The SMILES string of the molecule is Cc1cscc1CNCC(N)c1cccs1. The molecule has 3 N–H and O–H groups in total. The molecule has 0 amide bonds. The molecular weight excluding hydrogens is 236 g/mol. The number of rotatable bonds is 5. The lowest BCUT2D eigenvalue weighted by atomic mass is 10.2. The summed E-state index contributed by atoms with van der Waals surface area (Å²) in [5, 5.41) is 9.84. The van der Waals surface area contributed by atoms with Crippen molar-refractivity contribution in [2.45, 2.75) is 19.5 Å². The van der Waals surface area contributed by atoms with Gasteiger partial charge in [-0.25, -0.2) is 0 Å². The number of nitrogens with two attached hydrogens (primary N) is 1. The summed E-state index contributed by atoms with van der Waals surface area (Å²) in [5.74, 6) is 0. The van der Waals surface area contributed by atoms with E-state index in [1.165, 1.54) is 16.0 Å². The Balaban J connectivity index is 1.78. The van der Waals surface area contributed by atoms with Crippen LogP contribution >= 0.6 is 22.7 Å². The molecule has 2 heterocycles. The lowest BCUT2D eigenvalue weighted by molar-refractivity contribution is 0.604. The molecule has 0 saturated heterocycles. The third-order valence-electron chi connectivity index (χ3n) is 2.55. The van der Waals surface area contributed by atoms with Gasteiger partial charge in [-0.1, -0.05) is 6.07 Å². The summed E-state index contributed by atoms with van der Waals surface area (Å²) < 4.78 is 0. The highest BCUT2D eigenvalue weighted by molar-refractivity contribution is 7.10. The molecule has 0 fully saturated rings. The van der Waals surface area contributed by atoms with Gasteiger partial charge in [0.15, 0.2) is 0 Å². The number of hydrogen-bond acceptors (Lipinski definition) is 4. The lowest BCUT2D eigenvalue weighted by Gasteiger charge is -2.10. The maximum Gasteiger partial charge on any atom is 0.0516 e. The van der Waals surface area contributed by atoms with E-state index in [2.05, 4.69) is 34.4 Å². The van der Waals surface area contributed by atoms with Crippen molar-refractivity contribution < 1.29 is 0 Å². The highest BCUT2D eigenvalue weighted by atomic mass is 32.1. The fourth-order valence-corrected chi connectivity index (χ4v) is 3.12. The summed E-state index contributed by atoms with van der Waals surface area (Å²) in [5.41, 5.74) is 8.81. The van der Waals surface area contributed by atoms with Crippen LogP contribution in [0.15, 0.2) is 28.3 Å². The first-order chi connectivity index (χ1) is 7.77. The first-order valence-corrected chi connectivity index (χ1v) is 7.11. The van der Waals surface area contributed by atoms with Crippen LogP contribution in [0.4, 0.5) is 0 Å². The first kappa shape index (κ1) is 11.8. The standard InChI is InChI=1S/C12H16N2S2/c1-9-7-15-8-10(9)5-14-6-11(13)12-3-2-4-16-12/h2-4,7-8,11,14H,5-6,13H2,1H3. The molecule has 0 saturated carbocycles. The molecule has 0 aliphatic rings. The van der Waals surface area contributed by atoms with Gasteiger partial charge in [0.05, 0.1) is 6.04 Å². The van der Waals surface area contributed by atoms with Crippen LogP contribution in [-0.2, 0) is 6.54 Å². The van der Waals surface area contributed by atoms with Gasteiger partial charge in [0, 0.05) is 18.0 Å². The Hall–Kier alpha value is -0.680. The molecule has 2 aromatic heterocycles. The Morgan fingerprint density at radius 1 is 1.44 bits per heavy atom. The minimum atomic E-state index is 0.110. The quantitative estimate of drug-likeness (QED) is 0.858. The van der Waals surface area contributed by atoms with Gasteiger partial charge in [0.1, 0.15) is 0 Å². The maximum atomic E-state index is 6.07. The van der Waals surface area contributed by atoms with E-state index in [1.807, 2.05) is 6.07 Å². The highest BCUT2D eigenvalue weighted by Crippen LogP contribution is 2.16. The van der Waals surface area contributed by atoms with Gasteiger partial charge in [-0.2, -0.15) is 11.3 Å². The molecule has 1 atom stereocenters. The van der Waals surface area contributed by atoms with Crippen molar-refractivity contribution in [3.05, 3.63) is 44.3 Å². The summed E-state index contributed by atoms with van der Waals surface area (Å²) in [6.45, 7) is 3.89. The molecule has 0 radical (unpaired) electrons. The minimum absolute atomic E-state index is 0.110. The van der Waals surface area contributed by atoms with E-state index in [9.17, 15) is 0 Å². The fourth-order valence-electron chi connectivity index (χ4n) is 1.53. The molecule has 0 spiro atoms. The largest absolute Gasteiger partial charge is 0.322 e. The molecule has 0 aromatic carbocycles. The predicted molar refractivity (Wildman–Crippen MR) is 72.0 cm³/mol. The summed E-state index contributed by atoms with van der Waals surface area (Å²) in [6.07, 6.45) is 0. The van der Waals surface area contributed by atoms with Gasteiger partial charge in [0.25, 0.3) is 0 Å². The van der Waals surface area contributed by atoms with E-state index in [0.29, 0.717) is 0 Å². The van der Waals surface area contributed by atoms with E-state index < -0.39 is 0 Å². The summed E-state index contributed by atoms with van der Waals surface area (Å²) in [7, 11) is 0. The van der Waals surface area contributed by atoms with Crippen molar-refractivity contribution >= 4 is 22.7 Å². The van der Waals surface area contributed by atoms with Gasteiger partial charge in [0.2, 0.25) is 0 Å². The van der Waals surface area contributed by atoms with Crippen molar-refractivity contribution in [1.82, 2.24) is 5.32 Å². The minimum Gasteiger partial charge on any atom is -0.322 e. The van der Waals surface area contributed by atoms with Gasteiger partial charge in [-0.3, -0.25) is 0 Å². The third kappa shape index (κ3) is 2.92. The average Bonchev–Trinajstić information content (AvgIpc) is 2.90. The number of hydrogen-bond donors (Lipinski definition) is 2. The van der Waals surface area contributed by atoms with Crippen LogP contribution in [0.3, 0.4) is 0 Å². The zero-order chi connectivity index (χ0) is 11.4. The third-order valence-corrected chi connectivity index (χ3v) is 4.46. The second-order valence-electron chi connectivity index (χ2n) is 3.83. The Bertz CT molecular complexity index is 420. The van der Waals surface area contributed by atoms with E-state index in [0.717, 1.165) is 13.1 Å². The molecule has 2 aromatic rings. The average molecular weight is 252 g/mol. The van der Waals surface area contributed by atoms with E-state index in [1.54, 1.807) is 22.7 Å². The van der Waals surface area contributed by atoms with Crippen molar-refractivity contribution in [3.63, 3.8) is 0 Å². The number of thiophene rings is 2. The fraction of sp³-hybridized carbons (Fsp3) is 0.333. The van der Waals surface area contributed by atoms with Gasteiger partial charge >= 0.3 is 0 Å². The summed E-state index contributed by atoms with van der Waals surface area (Å²) in [4.78, 5) is 1.24. The van der Waals surface area contributed by atoms with E-state index >= 15 is 0 Å². The smallest absolute Gasteiger partial charge is 0.0516 e. The second-order valence-corrected chi connectivity index (χ2v) is 5.56. The van der Waals surface area contributed by atoms with Crippen molar-refractivity contribution in [1.29, 1.82) is 0 Å². The Labute approximate surface area is 104 Å². The summed E-state index contributed by atoms with van der Waals surface area (Å²) >= 11 is 3.47. The Morgan fingerprint density at radius 2 is 2.31 bits per heavy atom. The van der Waals surface area contributed by atoms with Crippen LogP contribution in [0.5, 0.6) is 0 Å². The maximum absolute atomic E-state index is 6.07. The first-order valence-electron chi connectivity index (χ1n) is 5.28. The Morgan fingerprint density at radius 3 is 2.94 bits per heavy atom. The second kappa shape index (κ2) is 5.59. The Kier molecular flexibility index (Phi) is 4.12. The van der Waals surface area contributed by atoms with E-state index in [-0.39, 0.29) is 6.04 Å². The molecule has 0 aliphatic carbocycles. The van der Waals surface area contributed by atoms with Gasteiger partial charge in [-0.05, 0) is 40.3 Å². The van der Waals surface area contributed by atoms with Crippen molar-refractivity contribution in [3.8, 4) is 0 Å². The van der Waals surface area contributed by atoms with E-state index in [4.69, 9.17) is 5.73 Å². The number of nitrogens with one attached hydrogen (secondary N) is 1.